The zero-order valence-electron chi connectivity index (χ0n) is 10.7. The molecular weight excluding hydrogens is 248 g/mol. The van der Waals surface area contributed by atoms with E-state index in [-0.39, 0.29) is 5.69 Å². The summed E-state index contributed by atoms with van der Waals surface area (Å²) in [5, 5.41) is 17.6. The molecule has 0 saturated heterocycles. The van der Waals surface area contributed by atoms with Crippen molar-refractivity contribution in [2.75, 3.05) is 0 Å². The van der Waals surface area contributed by atoms with Gasteiger partial charge < -0.3 is 9.84 Å². The highest BCUT2D eigenvalue weighted by Gasteiger charge is 2.11. The number of non-ortho nitro benzene ring substituents is 1. The number of aromatic nitrogens is 2. The van der Waals surface area contributed by atoms with Gasteiger partial charge in [-0.2, -0.15) is 4.98 Å². The fourth-order valence-corrected chi connectivity index (χ4v) is 1.46. The van der Waals surface area contributed by atoms with Crippen LogP contribution in [0, 0.1) is 10.1 Å². The topological polar surface area (TPSA) is 94.1 Å². The predicted molar refractivity (Wildman–Crippen MR) is 68.4 cm³/mol. The lowest BCUT2D eigenvalue weighted by molar-refractivity contribution is -0.384. The maximum atomic E-state index is 10.5. The van der Waals surface area contributed by atoms with Gasteiger partial charge in [-0.25, -0.2) is 0 Å². The van der Waals surface area contributed by atoms with Gasteiger partial charge >= 0.3 is 0 Å². The summed E-state index contributed by atoms with van der Waals surface area (Å²) in [7, 11) is 0. The molecule has 0 aliphatic carbocycles. The second-order valence-corrected chi connectivity index (χ2v) is 4.36. The van der Waals surface area contributed by atoms with Crippen LogP contribution < -0.4 is 5.32 Å². The second kappa shape index (κ2) is 5.57. The lowest BCUT2D eigenvalue weighted by Crippen LogP contribution is -2.22. The van der Waals surface area contributed by atoms with Crippen molar-refractivity contribution in [3.8, 4) is 11.5 Å². The molecular formula is C12H14N4O3. The zero-order valence-corrected chi connectivity index (χ0v) is 10.7. The Kier molecular flexibility index (Phi) is 3.86. The van der Waals surface area contributed by atoms with E-state index in [1.54, 1.807) is 12.1 Å². The lowest BCUT2D eigenvalue weighted by atomic mass is 10.2. The van der Waals surface area contributed by atoms with Gasteiger partial charge in [-0.15, -0.1) is 0 Å². The molecule has 2 rings (SSSR count). The summed E-state index contributed by atoms with van der Waals surface area (Å²) < 4.78 is 5.11. The summed E-state index contributed by atoms with van der Waals surface area (Å²) in [6, 6.07) is 6.33. The van der Waals surface area contributed by atoms with E-state index < -0.39 is 4.92 Å². The summed E-state index contributed by atoms with van der Waals surface area (Å²) in [4.78, 5) is 14.3. The highest BCUT2D eigenvalue weighted by molar-refractivity contribution is 5.55. The largest absolute Gasteiger partial charge is 0.334 e. The van der Waals surface area contributed by atoms with Gasteiger partial charge in [0.25, 0.3) is 11.6 Å². The molecule has 0 atom stereocenters. The van der Waals surface area contributed by atoms with Crippen molar-refractivity contribution in [3.05, 3.63) is 40.2 Å². The van der Waals surface area contributed by atoms with Gasteiger partial charge in [0.2, 0.25) is 0 Å². The Balaban J connectivity index is 2.11. The van der Waals surface area contributed by atoms with Crippen molar-refractivity contribution in [2.45, 2.75) is 26.4 Å². The standard InChI is InChI=1S/C12H14N4O3/c1-8(2)13-7-11-14-12(19-15-11)9-3-5-10(6-4-9)16(17)18/h3-6,8,13H,7H2,1-2H3. The third-order valence-corrected chi connectivity index (χ3v) is 2.46. The SMILES string of the molecule is CC(C)NCc1noc(-c2ccc([N+](=O)[O-])cc2)n1. The van der Waals surface area contributed by atoms with Crippen LogP contribution in [0.25, 0.3) is 11.5 Å². The molecule has 100 valence electrons. The van der Waals surface area contributed by atoms with E-state index in [9.17, 15) is 10.1 Å². The Morgan fingerprint density at radius 2 is 2.05 bits per heavy atom. The van der Waals surface area contributed by atoms with Gasteiger partial charge in [0.15, 0.2) is 5.82 Å². The fraction of sp³-hybridized carbons (Fsp3) is 0.333. The van der Waals surface area contributed by atoms with E-state index in [1.807, 2.05) is 13.8 Å². The maximum Gasteiger partial charge on any atom is 0.269 e. The number of hydrogen-bond donors (Lipinski definition) is 1. The molecule has 0 bridgehead atoms. The Labute approximate surface area is 109 Å². The number of rotatable bonds is 5. The monoisotopic (exact) mass is 262 g/mol. The number of nitrogens with one attached hydrogen (secondary N) is 1. The minimum absolute atomic E-state index is 0.0324. The molecule has 0 amide bonds. The normalized spacial score (nSPS) is 10.9. The minimum atomic E-state index is -0.449. The first-order chi connectivity index (χ1) is 9.06. The molecule has 0 spiro atoms. The molecule has 19 heavy (non-hydrogen) atoms. The molecule has 0 aliphatic heterocycles. The van der Waals surface area contributed by atoms with Crippen molar-refractivity contribution >= 4 is 5.69 Å². The van der Waals surface area contributed by atoms with E-state index in [4.69, 9.17) is 4.52 Å². The van der Waals surface area contributed by atoms with Crippen LogP contribution >= 0.6 is 0 Å². The smallest absolute Gasteiger partial charge is 0.269 e. The summed E-state index contributed by atoms with van der Waals surface area (Å²) in [6.07, 6.45) is 0. The maximum absolute atomic E-state index is 10.5. The molecule has 1 aromatic heterocycles. The molecule has 0 saturated carbocycles. The van der Waals surface area contributed by atoms with Crippen molar-refractivity contribution in [3.63, 3.8) is 0 Å². The van der Waals surface area contributed by atoms with Crippen LogP contribution in [0.5, 0.6) is 0 Å². The Bertz CT molecular complexity index is 563. The van der Waals surface area contributed by atoms with E-state index in [1.165, 1.54) is 12.1 Å². The summed E-state index contributed by atoms with van der Waals surface area (Å²) in [5.74, 6) is 0.914. The van der Waals surface area contributed by atoms with Crippen molar-refractivity contribution in [1.29, 1.82) is 0 Å². The predicted octanol–water partition coefficient (Wildman–Crippen LogP) is 2.14. The lowest BCUT2D eigenvalue weighted by Gasteiger charge is -2.03. The van der Waals surface area contributed by atoms with E-state index in [0.717, 1.165) is 0 Å². The highest BCUT2D eigenvalue weighted by atomic mass is 16.6. The first kappa shape index (κ1) is 13.2. The van der Waals surface area contributed by atoms with Gasteiger partial charge in [-0.1, -0.05) is 19.0 Å². The Morgan fingerprint density at radius 1 is 1.37 bits per heavy atom. The van der Waals surface area contributed by atoms with Gasteiger partial charge in [-0.05, 0) is 12.1 Å². The Hall–Kier alpha value is -2.28. The molecule has 7 heteroatoms. The average Bonchev–Trinajstić information content (AvgIpc) is 2.85. The van der Waals surface area contributed by atoms with Crippen molar-refractivity contribution in [2.24, 2.45) is 0 Å². The van der Waals surface area contributed by atoms with Crippen LogP contribution in [0.2, 0.25) is 0 Å². The van der Waals surface area contributed by atoms with Crippen LogP contribution in [0.15, 0.2) is 28.8 Å². The van der Waals surface area contributed by atoms with E-state index in [0.29, 0.717) is 29.9 Å². The molecule has 0 radical (unpaired) electrons. The first-order valence-electron chi connectivity index (χ1n) is 5.87. The van der Waals surface area contributed by atoms with Crippen LogP contribution in [-0.2, 0) is 6.54 Å². The number of benzene rings is 1. The molecule has 2 aromatic rings. The minimum Gasteiger partial charge on any atom is -0.334 e. The van der Waals surface area contributed by atoms with Crippen LogP contribution in [0.4, 0.5) is 5.69 Å². The van der Waals surface area contributed by atoms with Crippen LogP contribution in [-0.4, -0.2) is 21.1 Å². The van der Waals surface area contributed by atoms with Crippen LogP contribution in [0.3, 0.4) is 0 Å². The molecule has 1 heterocycles. The number of nitro groups is 1. The first-order valence-corrected chi connectivity index (χ1v) is 5.87. The number of hydrogen-bond acceptors (Lipinski definition) is 6. The summed E-state index contributed by atoms with van der Waals surface area (Å²) >= 11 is 0. The second-order valence-electron chi connectivity index (χ2n) is 4.36. The third-order valence-electron chi connectivity index (χ3n) is 2.46. The number of nitro benzene ring substituents is 1. The molecule has 0 aliphatic rings. The highest BCUT2D eigenvalue weighted by Crippen LogP contribution is 2.20. The van der Waals surface area contributed by atoms with Crippen molar-refractivity contribution < 1.29 is 9.45 Å². The van der Waals surface area contributed by atoms with E-state index in [2.05, 4.69) is 15.5 Å². The number of nitrogens with zero attached hydrogens (tertiary/aromatic N) is 3. The van der Waals surface area contributed by atoms with E-state index >= 15 is 0 Å². The van der Waals surface area contributed by atoms with Gasteiger partial charge in [0, 0.05) is 23.7 Å². The van der Waals surface area contributed by atoms with Gasteiger partial charge in [-0.3, -0.25) is 10.1 Å². The quantitative estimate of drug-likeness (QED) is 0.655. The molecule has 1 N–H and O–H groups in total. The molecule has 1 aromatic carbocycles. The summed E-state index contributed by atoms with van der Waals surface area (Å²) in [5.41, 5.74) is 0.693. The zero-order chi connectivity index (χ0) is 13.8. The molecule has 7 nitrogen and oxygen atoms in total. The molecule has 0 unspecified atom stereocenters. The average molecular weight is 262 g/mol. The Morgan fingerprint density at radius 3 is 2.63 bits per heavy atom. The van der Waals surface area contributed by atoms with Gasteiger partial charge in [0.05, 0.1) is 11.5 Å². The van der Waals surface area contributed by atoms with Crippen molar-refractivity contribution in [1.82, 2.24) is 15.5 Å². The summed E-state index contributed by atoms with van der Waals surface area (Å²) in [6.45, 7) is 4.57. The third kappa shape index (κ3) is 3.35. The van der Waals surface area contributed by atoms with Gasteiger partial charge in [0.1, 0.15) is 0 Å². The molecule has 0 fully saturated rings. The van der Waals surface area contributed by atoms with Crippen LogP contribution in [0.1, 0.15) is 19.7 Å². The fourth-order valence-electron chi connectivity index (χ4n) is 1.46.